The highest BCUT2D eigenvalue weighted by Crippen LogP contribution is 2.24. The van der Waals surface area contributed by atoms with E-state index in [9.17, 15) is 0 Å². The quantitative estimate of drug-likeness (QED) is 0.350. The lowest BCUT2D eigenvalue weighted by molar-refractivity contribution is 0.0161. The highest BCUT2D eigenvalue weighted by Gasteiger charge is 2.22. The number of nitrogens with zero attached hydrogens (tertiary/aromatic N) is 9. The summed E-state index contributed by atoms with van der Waals surface area (Å²) < 4.78 is 7.64. The lowest BCUT2D eigenvalue weighted by Gasteiger charge is -2.34. The second kappa shape index (κ2) is 11.7. The molecule has 0 spiro atoms. The van der Waals surface area contributed by atoms with E-state index in [1.807, 2.05) is 29.3 Å². The van der Waals surface area contributed by atoms with Gasteiger partial charge in [-0.2, -0.15) is 10.1 Å². The number of hydrogen-bond acceptors (Lipinski definition) is 11. The summed E-state index contributed by atoms with van der Waals surface area (Å²) in [5, 5.41) is 11.0. The van der Waals surface area contributed by atoms with Gasteiger partial charge < -0.3 is 25.2 Å². The topological polar surface area (TPSA) is 122 Å². The molecule has 12 heteroatoms. The molecule has 2 saturated heterocycles. The van der Waals surface area contributed by atoms with Crippen molar-refractivity contribution < 1.29 is 4.74 Å². The van der Waals surface area contributed by atoms with Crippen LogP contribution in [0.1, 0.15) is 24.0 Å². The van der Waals surface area contributed by atoms with Gasteiger partial charge in [0.15, 0.2) is 0 Å². The molecule has 5 heterocycles. The van der Waals surface area contributed by atoms with Crippen LogP contribution in [0.4, 0.5) is 23.5 Å². The molecule has 0 amide bonds. The Morgan fingerprint density at radius 2 is 1.72 bits per heavy atom. The number of rotatable bonds is 8. The third-order valence-corrected chi connectivity index (χ3v) is 7.15. The van der Waals surface area contributed by atoms with E-state index in [4.69, 9.17) is 4.74 Å². The molecule has 1 unspecified atom stereocenters. The molecule has 2 aliphatic rings. The summed E-state index contributed by atoms with van der Waals surface area (Å²) >= 11 is 0. The van der Waals surface area contributed by atoms with Gasteiger partial charge in [-0.15, -0.1) is 0 Å². The van der Waals surface area contributed by atoms with Crippen LogP contribution < -0.4 is 20.4 Å². The zero-order valence-corrected chi connectivity index (χ0v) is 22.0. The van der Waals surface area contributed by atoms with Crippen molar-refractivity contribution in [3.8, 4) is 0 Å². The first kappa shape index (κ1) is 25.1. The van der Waals surface area contributed by atoms with E-state index in [1.54, 1.807) is 12.5 Å². The molecule has 12 nitrogen and oxygen atoms in total. The smallest absolute Gasteiger partial charge is 0.232 e. The van der Waals surface area contributed by atoms with E-state index in [2.05, 4.69) is 81.6 Å². The first-order chi connectivity index (χ1) is 19.2. The predicted octanol–water partition coefficient (Wildman–Crippen LogP) is 2.07. The van der Waals surface area contributed by atoms with Crippen LogP contribution in [0.3, 0.4) is 0 Å². The SMILES string of the molecule is C[C@H](c1ccccc1)c1cnc(N2CCN(c3ncnc(Nc4cnn(CC5CNCCO5)c4)n3)CC2)nc1. The second-order valence-electron chi connectivity index (χ2n) is 9.80. The van der Waals surface area contributed by atoms with Crippen molar-refractivity contribution in [2.24, 2.45) is 0 Å². The second-order valence-corrected chi connectivity index (χ2v) is 9.80. The summed E-state index contributed by atoms with van der Waals surface area (Å²) in [6, 6.07) is 10.4. The van der Waals surface area contributed by atoms with Gasteiger partial charge in [-0.25, -0.2) is 19.9 Å². The maximum atomic E-state index is 5.77. The number of nitrogens with one attached hydrogen (secondary N) is 2. The van der Waals surface area contributed by atoms with Crippen LogP contribution >= 0.6 is 0 Å². The van der Waals surface area contributed by atoms with Crippen molar-refractivity contribution in [2.45, 2.75) is 25.5 Å². The molecule has 0 aliphatic carbocycles. The van der Waals surface area contributed by atoms with Crippen LogP contribution in [0, 0.1) is 0 Å². The fourth-order valence-electron chi connectivity index (χ4n) is 4.86. The van der Waals surface area contributed by atoms with Gasteiger partial charge in [-0.1, -0.05) is 37.3 Å². The van der Waals surface area contributed by atoms with Gasteiger partial charge in [0.05, 0.1) is 31.1 Å². The number of anilines is 4. The minimum absolute atomic E-state index is 0.120. The molecule has 4 aromatic rings. The van der Waals surface area contributed by atoms with Gasteiger partial charge in [0.25, 0.3) is 0 Å². The van der Waals surface area contributed by atoms with E-state index >= 15 is 0 Å². The number of aromatic nitrogens is 7. The largest absolute Gasteiger partial charge is 0.374 e. The van der Waals surface area contributed by atoms with E-state index < -0.39 is 0 Å². The molecule has 3 aromatic heterocycles. The minimum atomic E-state index is 0.120. The lowest BCUT2D eigenvalue weighted by atomic mass is 9.96. The standard InChI is InChI=1S/C27H33N11O/c1-20(21-5-3-2-4-6-21)22-13-29-26(30-14-22)36-8-10-37(11-9-36)27-32-19-31-25(35-27)34-23-15-33-38(17-23)18-24-16-28-7-12-39-24/h2-6,13-15,17,19-20,24,28H,7-12,16,18H2,1H3,(H,31,32,34,35)/t20-,24?/m1/s1. The maximum Gasteiger partial charge on any atom is 0.232 e. The van der Waals surface area contributed by atoms with Crippen LogP contribution in [0.2, 0.25) is 0 Å². The first-order valence-corrected chi connectivity index (χ1v) is 13.4. The molecule has 39 heavy (non-hydrogen) atoms. The fraction of sp³-hybridized carbons (Fsp3) is 0.407. The van der Waals surface area contributed by atoms with E-state index in [0.717, 1.165) is 63.1 Å². The highest BCUT2D eigenvalue weighted by molar-refractivity contribution is 5.51. The molecule has 2 fully saturated rings. The van der Waals surface area contributed by atoms with Crippen LogP contribution in [-0.2, 0) is 11.3 Å². The Kier molecular flexibility index (Phi) is 7.54. The average Bonchev–Trinajstić information content (AvgIpc) is 3.44. The summed E-state index contributed by atoms with van der Waals surface area (Å²) in [6.45, 7) is 8.43. The molecular weight excluding hydrogens is 494 g/mol. The Morgan fingerprint density at radius 1 is 0.949 bits per heavy atom. The fourth-order valence-corrected chi connectivity index (χ4v) is 4.86. The van der Waals surface area contributed by atoms with Crippen LogP contribution in [0.15, 0.2) is 61.4 Å². The number of morpholine rings is 1. The van der Waals surface area contributed by atoms with Gasteiger partial charge in [-0.3, -0.25) is 4.68 Å². The molecule has 6 rings (SSSR count). The first-order valence-electron chi connectivity index (χ1n) is 13.4. The maximum absolute atomic E-state index is 5.77. The van der Waals surface area contributed by atoms with Crippen LogP contribution in [0.5, 0.6) is 0 Å². The van der Waals surface area contributed by atoms with Gasteiger partial charge in [-0.05, 0) is 11.1 Å². The Balaban J connectivity index is 1.03. The Labute approximate surface area is 227 Å². The summed E-state index contributed by atoms with van der Waals surface area (Å²) in [6.07, 6.45) is 9.25. The molecule has 2 N–H and O–H groups in total. The molecule has 0 bridgehead atoms. The zero-order valence-electron chi connectivity index (χ0n) is 22.0. The van der Waals surface area contributed by atoms with Crippen molar-refractivity contribution in [1.29, 1.82) is 0 Å². The molecular formula is C27H33N11O. The predicted molar refractivity (Wildman–Crippen MR) is 148 cm³/mol. The molecule has 2 aliphatic heterocycles. The van der Waals surface area contributed by atoms with Gasteiger partial charge >= 0.3 is 0 Å². The zero-order chi connectivity index (χ0) is 26.4. The van der Waals surface area contributed by atoms with Crippen LogP contribution in [0.25, 0.3) is 0 Å². The summed E-state index contributed by atoms with van der Waals surface area (Å²) in [4.78, 5) is 27.1. The molecule has 1 aromatic carbocycles. The highest BCUT2D eigenvalue weighted by atomic mass is 16.5. The molecule has 202 valence electrons. The number of benzene rings is 1. The molecule has 0 saturated carbocycles. The molecule has 2 atom stereocenters. The van der Waals surface area contributed by atoms with Crippen molar-refractivity contribution >= 4 is 23.5 Å². The van der Waals surface area contributed by atoms with Gasteiger partial charge in [0.1, 0.15) is 6.33 Å². The van der Waals surface area contributed by atoms with E-state index in [0.29, 0.717) is 18.4 Å². The Morgan fingerprint density at radius 3 is 2.46 bits per heavy atom. The van der Waals surface area contributed by atoms with Crippen molar-refractivity contribution in [3.63, 3.8) is 0 Å². The minimum Gasteiger partial charge on any atom is -0.374 e. The summed E-state index contributed by atoms with van der Waals surface area (Å²) in [5.41, 5.74) is 3.19. The third kappa shape index (κ3) is 6.13. The third-order valence-electron chi connectivity index (χ3n) is 7.15. The van der Waals surface area contributed by atoms with Crippen LogP contribution in [-0.4, -0.2) is 86.7 Å². The van der Waals surface area contributed by atoms with Gasteiger partial charge in [0.2, 0.25) is 17.8 Å². The lowest BCUT2D eigenvalue weighted by Crippen LogP contribution is -2.47. The average molecular weight is 528 g/mol. The summed E-state index contributed by atoms with van der Waals surface area (Å²) in [7, 11) is 0. The number of piperazine rings is 1. The Bertz CT molecular complexity index is 1330. The van der Waals surface area contributed by atoms with Crippen molar-refractivity contribution in [3.05, 3.63) is 72.6 Å². The molecule has 0 radical (unpaired) electrons. The monoisotopic (exact) mass is 527 g/mol. The normalized spacial score (nSPS) is 18.6. The van der Waals surface area contributed by atoms with Gasteiger partial charge in [0, 0.05) is 63.8 Å². The van der Waals surface area contributed by atoms with E-state index in [-0.39, 0.29) is 12.0 Å². The summed E-state index contributed by atoms with van der Waals surface area (Å²) in [5.74, 6) is 2.14. The number of ether oxygens (including phenoxy) is 1. The van der Waals surface area contributed by atoms with E-state index in [1.165, 1.54) is 5.56 Å². The van der Waals surface area contributed by atoms with Crippen molar-refractivity contribution in [1.82, 2.24) is 40.0 Å². The van der Waals surface area contributed by atoms with Crippen molar-refractivity contribution in [2.75, 3.05) is 61.0 Å². The Hall–Kier alpha value is -4.16. The number of hydrogen-bond donors (Lipinski definition) is 2.